The van der Waals surface area contributed by atoms with Gasteiger partial charge in [0.1, 0.15) is 0 Å². The molecule has 0 fully saturated rings. The summed E-state index contributed by atoms with van der Waals surface area (Å²) in [6, 6.07) is 13.1. The third-order valence-corrected chi connectivity index (χ3v) is 3.42. The number of halogens is 3. The number of anilines is 3. The van der Waals surface area contributed by atoms with Gasteiger partial charge in [0.05, 0.1) is 0 Å². The van der Waals surface area contributed by atoms with Gasteiger partial charge in [0, 0.05) is 16.3 Å². The molecule has 0 saturated carbocycles. The van der Waals surface area contributed by atoms with Gasteiger partial charge in [-0.1, -0.05) is 17.7 Å². The minimum Gasteiger partial charge on any atom is -0.339 e. The van der Waals surface area contributed by atoms with Crippen molar-refractivity contribution in [2.75, 3.05) is 10.6 Å². The molecule has 0 atom stereocenters. The predicted molar refractivity (Wildman–Crippen MR) is 91.1 cm³/mol. The maximum absolute atomic E-state index is 13.2. The van der Waals surface area contributed by atoms with Gasteiger partial charge in [0.15, 0.2) is 23.3 Å². The number of rotatable bonds is 4. The van der Waals surface area contributed by atoms with Crippen LogP contribution in [0.1, 0.15) is 10.4 Å². The number of hydrogen-bond donors (Lipinski definition) is 2. The second kappa shape index (κ2) is 7.23. The predicted octanol–water partition coefficient (Wildman–Crippen LogP) is 4.40. The molecule has 0 aliphatic rings. The second-order valence-corrected chi connectivity index (χ2v) is 5.46. The molecule has 1 aromatic heterocycles. The van der Waals surface area contributed by atoms with E-state index in [0.29, 0.717) is 10.8 Å². The Morgan fingerprint density at radius 3 is 2.36 bits per heavy atom. The molecule has 0 bridgehead atoms. The highest BCUT2D eigenvalue weighted by Gasteiger charge is 2.11. The third kappa shape index (κ3) is 4.27. The molecule has 0 aliphatic heterocycles. The highest BCUT2D eigenvalue weighted by molar-refractivity contribution is 6.30. The summed E-state index contributed by atoms with van der Waals surface area (Å²) >= 11 is 5.90. The Morgan fingerprint density at radius 1 is 0.920 bits per heavy atom. The van der Waals surface area contributed by atoms with Crippen molar-refractivity contribution in [3.8, 4) is 0 Å². The SMILES string of the molecule is O=C(Nc1ccc(Nc2cccc(Cl)c2)nn1)c1ccc(F)c(F)c1. The van der Waals surface area contributed by atoms with Crippen LogP contribution < -0.4 is 10.6 Å². The van der Waals surface area contributed by atoms with E-state index in [1.54, 1.807) is 24.3 Å². The maximum Gasteiger partial charge on any atom is 0.256 e. The summed E-state index contributed by atoms with van der Waals surface area (Å²) in [5, 5.41) is 13.8. The zero-order chi connectivity index (χ0) is 17.8. The van der Waals surface area contributed by atoms with E-state index in [2.05, 4.69) is 20.8 Å². The Morgan fingerprint density at radius 2 is 1.68 bits per heavy atom. The average molecular weight is 361 g/mol. The normalized spacial score (nSPS) is 10.4. The van der Waals surface area contributed by atoms with Crippen LogP contribution in [0.25, 0.3) is 0 Å². The molecule has 3 rings (SSSR count). The molecule has 1 heterocycles. The smallest absolute Gasteiger partial charge is 0.256 e. The van der Waals surface area contributed by atoms with E-state index >= 15 is 0 Å². The summed E-state index contributed by atoms with van der Waals surface area (Å²) in [5.74, 6) is -2.11. The van der Waals surface area contributed by atoms with Crippen LogP contribution >= 0.6 is 11.6 Å². The molecule has 0 spiro atoms. The molecule has 1 amide bonds. The van der Waals surface area contributed by atoms with Gasteiger partial charge < -0.3 is 10.6 Å². The first-order valence-corrected chi connectivity index (χ1v) is 7.52. The summed E-state index contributed by atoms with van der Waals surface area (Å²) in [6.45, 7) is 0. The number of nitrogens with zero attached hydrogens (tertiary/aromatic N) is 2. The van der Waals surface area contributed by atoms with Crippen molar-refractivity contribution in [2.45, 2.75) is 0 Å². The van der Waals surface area contributed by atoms with E-state index in [-0.39, 0.29) is 11.4 Å². The lowest BCUT2D eigenvalue weighted by atomic mass is 10.2. The van der Waals surface area contributed by atoms with Crippen LogP contribution in [0.4, 0.5) is 26.1 Å². The van der Waals surface area contributed by atoms with E-state index < -0.39 is 17.5 Å². The fourth-order valence-corrected chi connectivity index (χ4v) is 2.20. The van der Waals surface area contributed by atoms with Crippen LogP contribution in [-0.2, 0) is 0 Å². The van der Waals surface area contributed by atoms with Crippen molar-refractivity contribution >= 4 is 34.8 Å². The maximum atomic E-state index is 13.2. The number of carbonyl (C=O) groups excluding carboxylic acids is 1. The first-order valence-electron chi connectivity index (χ1n) is 7.14. The van der Waals surface area contributed by atoms with Crippen LogP contribution in [0, 0.1) is 11.6 Å². The third-order valence-electron chi connectivity index (χ3n) is 3.18. The monoisotopic (exact) mass is 360 g/mol. The first-order chi connectivity index (χ1) is 12.0. The summed E-state index contributed by atoms with van der Waals surface area (Å²) in [4.78, 5) is 12.0. The van der Waals surface area contributed by atoms with Crippen molar-refractivity contribution in [3.05, 3.63) is 76.8 Å². The highest BCUT2D eigenvalue weighted by Crippen LogP contribution is 2.19. The quantitative estimate of drug-likeness (QED) is 0.723. The number of carbonyl (C=O) groups is 1. The molecular formula is C17H11ClF2N4O. The van der Waals surface area contributed by atoms with Gasteiger partial charge in [0.25, 0.3) is 5.91 Å². The van der Waals surface area contributed by atoms with Crippen LogP contribution in [0.5, 0.6) is 0 Å². The molecule has 5 nitrogen and oxygen atoms in total. The molecule has 0 aliphatic carbocycles. The standard InChI is InChI=1S/C17H11ClF2N4O/c18-11-2-1-3-12(9-11)21-15-6-7-16(24-23-15)22-17(25)10-4-5-13(19)14(20)8-10/h1-9H,(H,21,23)(H,22,24,25). The van der Waals surface area contributed by atoms with Gasteiger partial charge in [-0.3, -0.25) is 4.79 Å². The Hall–Kier alpha value is -3.06. The Balaban J connectivity index is 1.67. The van der Waals surface area contributed by atoms with E-state index in [9.17, 15) is 13.6 Å². The largest absolute Gasteiger partial charge is 0.339 e. The lowest BCUT2D eigenvalue weighted by molar-refractivity contribution is 0.102. The van der Waals surface area contributed by atoms with Gasteiger partial charge in [-0.2, -0.15) is 0 Å². The summed E-state index contributed by atoms with van der Waals surface area (Å²) in [7, 11) is 0. The van der Waals surface area contributed by atoms with E-state index in [1.807, 2.05) is 6.07 Å². The van der Waals surface area contributed by atoms with Crippen molar-refractivity contribution in [1.82, 2.24) is 10.2 Å². The Labute approximate surface area is 146 Å². The van der Waals surface area contributed by atoms with Gasteiger partial charge >= 0.3 is 0 Å². The van der Waals surface area contributed by atoms with E-state index in [1.165, 1.54) is 12.1 Å². The molecule has 126 valence electrons. The molecule has 8 heteroatoms. The van der Waals surface area contributed by atoms with Gasteiger partial charge in [0.2, 0.25) is 0 Å². The van der Waals surface area contributed by atoms with Crippen LogP contribution in [-0.4, -0.2) is 16.1 Å². The van der Waals surface area contributed by atoms with E-state index in [4.69, 9.17) is 11.6 Å². The molecular weight excluding hydrogens is 350 g/mol. The van der Waals surface area contributed by atoms with E-state index in [0.717, 1.165) is 17.8 Å². The van der Waals surface area contributed by atoms with Crippen molar-refractivity contribution in [1.29, 1.82) is 0 Å². The Bertz CT molecular complexity index is 919. The second-order valence-electron chi connectivity index (χ2n) is 5.02. The summed E-state index contributed by atoms with van der Waals surface area (Å²) in [6.07, 6.45) is 0. The minimum absolute atomic E-state index is 0.0261. The minimum atomic E-state index is -1.10. The number of benzene rings is 2. The highest BCUT2D eigenvalue weighted by atomic mass is 35.5. The molecule has 25 heavy (non-hydrogen) atoms. The van der Waals surface area contributed by atoms with Crippen LogP contribution in [0.15, 0.2) is 54.6 Å². The van der Waals surface area contributed by atoms with Gasteiger partial charge in [-0.15, -0.1) is 10.2 Å². The zero-order valence-electron chi connectivity index (χ0n) is 12.6. The lowest BCUT2D eigenvalue weighted by Crippen LogP contribution is -2.14. The summed E-state index contributed by atoms with van der Waals surface area (Å²) < 4.78 is 26.1. The molecule has 2 N–H and O–H groups in total. The first kappa shape index (κ1) is 16.8. The Kier molecular flexibility index (Phi) is 4.85. The van der Waals surface area contributed by atoms with Crippen molar-refractivity contribution in [2.24, 2.45) is 0 Å². The number of amides is 1. The number of hydrogen-bond acceptors (Lipinski definition) is 4. The van der Waals surface area contributed by atoms with Crippen molar-refractivity contribution in [3.63, 3.8) is 0 Å². The van der Waals surface area contributed by atoms with Crippen LogP contribution in [0.3, 0.4) is 0 Å². The molecule has 0 radical (unpaired) electrons. The molecule has 3 aromatic rings. The molecule has 2 aromatic carbocycles. The van der Waals surface area contributed by atoms with Crippen molar-refractivity contribution < 1.29 is 13.6 Å². The van der Waals surface area contributed by atoms with Gasteiger partial charge in [-0.25, -0.2) is 8.78 Å². The topological polar surface area (TPSA) is 66.9 Å². The fraction of sp³-hybridized carbons (Fsp3) is 0. The lowest BCUT2D eigenvalue weighted by Gasteiger charge is -2.07. The number of aromatic nitrogens is 2. The average Bonchev–Trinajstić information content (AvgIpc) is 2.59. The van der Waals surface area contributed by atoms with Gasteiger partial charge in [-0.05, 0) is 48.5 Å². The fourth-order valence-electron chi connectivity index (χ4n) is 2.01. The summed E-state index contributed by atoms with van der Waals surface area (Å²) in [5.41, 5.74) is 0.710. The van der Waals surface area contributed by atoms with Crippen LogP contribution in [0.2, 0.25) is 5.02 Å². The molecule has 0 saturated heterocycles. The molecule has 0 unspecified atom stereocenters. The number of nitrogens with one attached hydrogen (secondary N) is 2. The zero-order valence-corrected chi connectivity index (χ0v) is 13.4.